The lowest BCUT2D eigenvalue weighted by Crippen LogP contribution is -2.24. The highest BCUT2D eigenvalue weighted by molar-refractivity contribution is 7.16. The zero-order valence-electron chi connectivity index (χ0n) is 29.6. The number of nitrogens with zero attached hydrogens (tertiary/aromatic N) is 4. The number of aryl methyl sites for hydroxylation is 2. The molecule has 2 aromatic heterocycles. The number of hydrogen-bond donors (Lipinski definition) is 4. The van der Waals surface area contributed by atoms with E-state index in [0.717, 1.165) is 0 Å². The van der Waals surface area contributed by atoms with Crippen LogP contribution in [0.2, 0.25) is 0 Å². The predicted molar refractivity (Wildman–Crippen MR) is 195 cm³/mol. The van der Waals surface area contributed by atoms with E-state index in [1.807, 2.05) is 23.6 Å². The van der Waals surface area contributed by atoms with E-state index < -0.39 is 23.3 Å². The number of fused-ring (bicyclic) bond motifs is 1. The largest absolute Gasteiger partial charge is 0.494 e. The van der Waals surface area contributed by atoms with Gasteiger partial charge in [-0.05, 0) is 71.4 Å². The van der Waals surface area contributed by atoms with E-state index in [1.54, 1.807) is 50.6 Å². The molecule has 4 aromatic rings. The van der Waals surface area contributed by atoms with Crippen LogP contribution in [-0.4, -0.2) is 63.9 Å². The zero-order chi connectivity index (χ0) is 37.5. The summed E-state index contributed by atoms with van der Waals surface area (Å²) in [6.45, 7) is 10.3. The molecule has 15 nitrogen and oxygen atoms in total. The summed E-state index contributed by atoms with van der Waals surface area (Å²) in [5.74, 6) is -1.40. The second-order valence-electron chi connectivity index (χ2n) is 12.5. The first-order valence-electron chi connectivity index (χ1n) is 16.2. The lowest BCUT2D eigenvalue weighted by atomic mass is 10.1. The van der Waals surface area contributed by atoms with Crippen molar-refractivity contribution in [3.05, 3.63) is 69.8 Å². The number of benzene rings is 2. The number of esters is 1. The molecule has 2 heterocycles. The number of amides is 3. The van der Waals surface area contributed by atoms with Crippen LogP contribution in [0.25, 0.3) is 10.2 Å². The van der Waals surface area contributed by atoms with E-state index in [1.165, 1.54) is 30.6 Å². The number of anilines is 2. The lowest BCUT2D eigenvalue weighted by molar-refractivity contribution is -0.155. The fourth-order valence-electron chi connectivity index (χ4n) is 5.13. The van der Waals surface area contributed by atoms with Gasteiger partial charge in [-0.25, -0.2) is 0 Å². The summed E-state index contributed by atoms with van der Waals surface area (Å²) < 4.78 is 21.0. The van der Waals surface area contributed by atoms with Crippen molar-refractivity contribution in [3.63, 3.8) is 0 Å². The third kappa shape index (κ3) is 9.75. The number of rotatable bonds is 15. The number of methoxy groups -OCH3 is 1. The van der Waals surface area contributed by atoms with Crippen molar-refractivity contribution in [2.45, 2.75) is 66.2 Å². The van der Waals surface area contributed by atoms with Crippen LogP contribution in [-0.2, 0) is 22.6 Å². The summed E-state index contributed by atoms with van der Waals surface area (Å²) in [5.41, 5.74) is 19.6. The molecule has 0 saturated heterocycles. The highest BCUT2D eigenvalue weighted by Crippen LogP contribution is 2.33. The molecule has 16 heteroatoms. The number of nitrogens with two attached hydrogens (primary N) is 3. The molecule has 0 fully saturated rings. The minimum atomic E-state index is -0.667. The summed E-state index contributed by atoms with van der Waals surface area (Å²) in [7, 11) is 1.48. The number of carbonyl (C=O) groups is 4. The lowest BCUT2D eigenvalue weighted by Gasteiger charge is -2.19. The van der Waals surface area contributed by atoms with Crippen molar-refractivity contribution >= 4 is 56.6 Å². The van der Waals surface area contributed by atoms with Crippen LogP contribution in [0.4, 0.5) is 11.4 Å². The van der Waals surface area contributed by atoms with Crippen molar-refractivity contribution in [2.24, 2.45) is 16.5 Å². The molecule has 0 spiro atoms. The molecule has 3 amide bonds. The number of nitrogen functional groups attached to an aromatic ring is 1. The average molecular weight is 721 g/mol. The Morgan fingerprint density at radius 3 is 2.35 bits per heavy atom. The summed E-state index contributed by atoms with van der Waals surface area (Å²) in [6.07, 6.45) is 4.23. The molecule has 51 heavy (non-hydrogen) atoms. The normalized spacial score (nSPS) is 12.0. The number of nitrogens with one attached hydrogen (secondary N) is 1. The predicted octanol–water partition coefficient (Wildman–Crippen LogP) is 3.93. The molecule has 0 aliphatic carbocycles. The van der Waals surface area contributed by atoms with Gasteiger partial charge in [0.15, 0.2) is 4.80 Å². The van der Waals surface area contributed by atoms with E-state index in [4.69, 9.17) is 31.4 Å². The molecule has 0 aliphatic heterocycles. The Hall–Kier alpha value is -5.64. The number of allylic oxidation sites excluding steroid dienone is 1. The van der Waals surface area contributed by atoms with Gasteiger partial charge in [-0.1, -0.05) is 23.5 Å². The molecule has 0 atom stereocenters. The molecule has 0 aliphatic rings. The van der Waals surface area contributed by atoms with Gasteiger partial charge in [-0.3, -0.25) is 23.9 Å². The van der Waals surface area contributed by atoms with Gasteiger partial charge in [0.25, 0.3) is 5.91 Å². The maximum atomic E-state index is 13.4. The summed E-state index contributed by atoms with van der Waals surface area (Å²) in [6, 6.07) is 7.83. The SMILES string of the molecule is CCn1nc(C)cc1C(=O)N=c1sc2cc(C(N)=O)cc(OC)c2n1C/C=C/CNc1c(N)cc(C(N)=O)cc1OCCCC(=O)OC(C)(C)C. The van der Waals surface area contributed by atoms with Gasteiger partial charge in [-0.2, -0.15) is 10.1 Å². The third-order valence-corrected chi connectivity index (χ3v) is 8.36. The van der Waals surface area contributed by atoms with Gasteiger partial charge in [0.2, 0.25) is 11.8 Å². The van der Waals surface area contributed by atoms with E-state index in [0.29, 0.717) is 63.1 Å². The Morgan fingerprint density at radius 1 is 1.02 bits per heavy atom. The quantitative estimate of drug-likeness (QED) is 0.0600. The molecule has 272 valence electrons. The average Bonchev–Trinajstić information content (AvgIpc) is 3.61. The Balaban J connectivity index is 1.59. The Bertz CT molecular complexity index is 2050. The highest BCUT2D eigenvalue weighted by Gasteiger charge is 2.19. The van der Waals surface area contributed by atoms with Crippen molar-refractivity contribution in [1.29, 1.82) is 0 Å². The second kappa shape index (κ2) is 16.4. The number of thiazole rings is 1. The zero-order valence-corrected chi connectivity index (χ0v) is 30.4. The van der Waals surface area contributed by atoms with Crippen LogP contribution in [0.15, 0.2) is 47.5 Å². The van der Waals surface area contributed by atoms with Gasteiger partial charge in [-0.15, -0.1) is 0 Å². The van der Waals surface area contributed by atoms with Crippen LogP contribution < -0.4 is 36.8 Å². The number of aromatic nitrogens is 3. The van der Waals surface area contributed by atoms with Crippen LogP contribution >= 0.6 is 11.3 Å². The van der Waals surface area contributed by atoms with E-state index in [2.05, 4.69) is 15.4 Å². The summed E-state index contributed by atoms with van der Waals surface area (Å²) >= 11 is 1.22. The third-order valence-electron chi connectivity index (χ3n) is 7.34. The molecular formula is C35H44N8O7S. The van der Waals surface area contributed by atoms with Crippen molar-refractivity contribution in [1.82, 2.24) is 14.3 Å². The topological polar surface area (TPSA) is 221 Å². The highest BCUT2D eigenvalue weighted by atomic mass is 32.1. The minimum absolute atomic E-state index is 0.152. The van der Waals surface area contributed by atoms with E-state index >= 15 is 0 Å². The van der Waals surface area contributed by atoms with Crippen molar-refractivity contribution in [2.75, 3.05) is 31.3 Å². The molecule has 2 aromatic carbocycles. The number of ether oxygens (including phenoxy) is 3. The Labute approximate surface area is 299 Å². The fourth-order valence-corrected chi connectivity index (χ4v) is 6.22. The van der Waals surface area contributed by atoms with Gasteiger partial charge >= 0.3 is 5.97 Å². The molecule has 4 rings (SSSR count). The molecule has 0 unspecified atom stereocenters. The monoisotopic (exact) mass is 720 g/mol. The standard InChI is InChI=1S/C35H44N8O7S/c1-7-43-24(15-20(2)41-43)33(47)40-34-42(30-26(48-6)18-22(32(38)46)19-27(30)51-34)13-9-8-12-39-29-23(36)16-21(31(37)45)17-25(29)49-14-10-11-28(44)50-35(3,4)5/h8-9,15-19,39H,7,10-14,36H2,1-6H3,(H2,37,45)(H2,38,46)/b9-8+,40-34?. The number of hydrogen-bond acceptors (Lipinski definition) is 11. The minimum Gasteiger partial charge on any atom is -0.494 e. The number of primary amides is 2. The molecule has 7 N–H and O–H groups in total. The fraction of sp³-hybridized carbons (Fsp3) is 0.371. The maximum Gasteiger partial charge on any atom is 0.306 e. The van der Waals surface area contributed by atoms with E-state index in [-0.39, 0.29) is 42.4 Å². The van der Waals surface area contributed by atoms with Crippen molar-refractivity contribution < 1.29 is 33.4 Å². The van der Waals surface area contributed by atoms with E-state index in [9.17, 15) is 19.2 Å². The van der Waals surface area contributed by atoms with Crippen LogP contribution in [0.1, 0.15) is 77.4 Å². The van der Waals surface area contributed by atoms with Gasteiger partial charge in [0.1, 0.15) is 34.0 Å². The Kier molecular flexibility index (Phi) is 12.3. The second-order valence-corrected chi connectivity index (χ2v) is 13.5. The maximum absolute atomic E-state index is 13.4. The van der Waals surface area contributed by atoms with Gasteiger partial charge in [0.05, 0.1) is 29.8 Å². The smallest absolute Gasteiger partial charge is 0.306 e. The van der Waals surface area contributed by atoms with Gasteiger partial charge in [0, 0.05) is 37.2 Å². The van der Waals surface area contributed by atoms with Crippen LogP contribution in [0.5, 0.6) is 11.5 Å². The summed E-state index contributed by atoms with van der Waals surface area (Å²) in [5, 5.41) is 7.58. The first kappa shape index (κ1) is 38.2. The van der Waals surface area contributed by atoms with Crippen molar-refractivity contribution in [3.8, 4) is 11.5 Å². The van der Waals surface area contributed by atoms with Crippen LogP contribution in [0, 0.1) is 6.92 Å². The van der Waals surface area contributed by atoms with Crippen LogP contribution in [0.3, 0.4) is 0 Å². The Morgan fingerprint density at radius 2 is 1.71 bits per heavy atom. The molecular weight excluding hydrogens is 677 g/mol. The number of carbonyl (C=O) groups excluding carboxylic acids is 4. The molecule has 0 radical (unpaired) electrons. The van der Waals surface area contributed by atoms with Gasteiger partial charge < -0.3 is 41.3 Å². The first-order chi connectivity index (χ1) is 24.1. The molecule has 0 bridgehead atoms. The molecule has 0 saturated carbocycles. The summed E-state index contributed by atoms with van der Waals surface area (Å²) in [4.78, 5) is 54.3. The first-order valence-corrected chi connectivity index (χ1v) is 17.0.